The second-order valence-corrected chi connectivity index (χ2v) is 3.35. The van der Waals surface area contributed by atoms with Gasteiger partial charge >= 0.3 is 0 Å². The molecule has 1 rings (SSSR count). The quantitative estimate of drug-likeness (QED) is 0.614. The summed E-state index contributed by atoms with van der Waals surface area (Å²) in [7, 11) is 2.20. The molecule has 2 heteroatoms. The molecule has 2 N–H and O–H groups in total. The summed E-state index contributed by atoms with van der Waals surface area (Å²) in [6.45, 7) is 4.40. The van der Waals surface area contributed by atoms with Gasteiger partial charge in [-0.1, -0.05) is 0 Å². The second-order valence-electron chi connectivity index (χ2n) is 3.35. The highest BCUT2D eigenvalue weighted by Gasteiger charge is 2.26. The van der Waals surface area contributed by atoms with Gasteiger partial charge in [-0.05, 0) is 45.8 Å². The summed E-state index contributed by atoms with van der Waals surface area (Å²) in [5.41, 5.74) is 5.50. The Bertz CT molecular complexity index is 101. The van der Waals surface area contributed by atoms with Crippen LogP contribution in [0.25, 0.3) is 0 Å². The molecule has 0 saturated carbocycles. The summed E-state index contributed by atoms with van der Waals surface area (Å²) < 4.78 is 0. The van der Waals surface area contributed by atoms with E-state index in [9.17, 15) is 0 Å². The van der Waals surface area contributed by atoms with E-state index in [1.807, 2.05) is 0 Å². The lowest BCUT2D eigenvalue weighted by Crippen LogP contribution is -2.26. The van der Waals surface area contributed by atoms with Crippen LogP contribution in [0.1, 0.15) is 19.8 Å². The van der Waals surface area contributed by atoms with Crippen LogP contribution in [0.2, 0.25) is 0 Å². The summed E-state index contributed by atoms with van der Waals surface area (Å²) in [6, 6.07) is 0.753. The third-order valence-corrected chi connectivity index (χ3v) is 2.77. The predicted octanol–water partition coefficient (Wildman–Crippen LogP) is 0.675. The van der Waals surface area contributed by atoms with Gasteiger partial charge in [0.25, 0.3) is 0 Å². The Balaban J connectivity index is 2.33. The van der Waals surface area contributed by atoms with Gasteiger partial charge in [0.2, 0.25) is 0 Å². The van der Waals surface area contributed by atoms with E-state index >= 15 is 0 Å². The highest BCUT2D eigenvalue weighted by molar-refractivity contribution is 4.81. The molecule has 1 aliphatic rings. The van der Waals surface area contributed by atoms with Crippen molar-refractivity contribution in [1.29, 1.82) is 0 Å². The smallest absolute Gasteiger partial charge is 0.00930 e. The first kappa shape index (κ1) is 8.02. The highest BCUT2D eigenvalue weighted by atomic mass is 15.1. The highest BCUT2D eigenvalue weighted by Crippen LogP contribution is 2.24. The zero-order chi connectivity index (χ0) is 7.56. The molecule has 0 radical (unpaired) electrons. The fourth-order valence-electron chi connectivity index (χ4n) is 1.77. The van der Waals surface area contributed by atoms with Crippen molar-refractivity contribution in [2.45, 2.75) is 25.8 Å². The summed E-state index contributed by atoms with van der Waals surface area (Å²) >= 11 is 0. The Labute approximate surface area is 63.4 Å². The normalized spacial score (nSPS) is 35.1. The maximum atomic E-state index is 5.50. The average Bonchev–Trinajstić information content (AvgIpc) is 2.20. The molecule has 0 amide bonds. The van der Waals surface area contributed by atoms with Gasteiger partial charge in [-0.2, -0.15) is 0 Å². The van der Waals surface area contributed by atoms with Crippen molar-refractivity contribution in [3.05, 3.63) is 0 Å². The third kappa shape index (κ3) is 1.50. The predicted molar refractivity (Wildman–Crippen MR) is 43.9 cm³/mol. The van der Waals surface area contributed by atoms with Gasteiger partial charge in [0.15, 0.2) is 0 Å². The molecule has 2 atom stereocenters. The number of nitrogens with zero attached hydrogens (tertiary/aromatic N) is 1. The lowest BCUT2D eigenvalue weighted by atomic mass is 9.98. The van der Waals surface area contributed by atoms with Gasteiger partial charge in [0.05, 0.1) is 0 Å². The Kier molecular flexibility index (Phi) is 2.69. The van der Waals surface area contributed by atoms with E-state index in [0.29, 0.717) is 0 Å². The first-order chi connectivity index (χ1) is 4.75. The molecule has 2 nitrogen and oxygen atoms in total. The summed E-state index contributed by atoms with van der Waals surface area (Å²) in [5, 5.41) is 0. The average molecular weight is 142 g/mol. The van der Waals surface area contributed by atoms with Gasteiger partial charge < -0.3 is 10.6 Å². The molecule has 10 heavy (non-hydrogen) atoms. The van der Waals surface area contributed by atoms with Crippen LogP contribution in [-0.4, -0.2) is 31.1 Å². The minimum absolute atomic E-state index is 0.753. The fourth-order valence-corrected chi connectivity index (χ4v) is 1.77. The number of likely N-dealkylation sites (tertiary alicyclic amines) is 1. The Morgan fingerprint density at radius 3 is 2.70 bits per heavy atom. The van der Waals surface area contributed by atoms with Crippen molar-refractivity contribution in [1.82, 2.24) is 4.90 Å². The van der Waals surface area contributed by atoms with Gasteiger partial charge in [0.1, 0.15) is 0 Å². The lowest BCUT2D eigenvalue weighted by Gasteiger charge is -2.19. The number of nitrogens with two attached hydrogens (primary N) is 1. The first-order valence-corrected chi connectivity index (χ1v) is 4.16. The van der Waals surface area contributed by atoms with Gasteiger partial charge in [0, 0.05) is 6.04 Å². The Hall–Kier alpha value is -0.0800. The molecule has 0 bridgehead atoms. The van der Waals surface area contributed by atoms with Crippen molar-refractivity contribution in [3.63, 3.8) is 0 Å². The zero-order valence-corrected chi connectivity index (χ0v) is 7.01. The first-order valence-electron chi connectivity index (χ1n) is 4.16. The Morgan fingerprint density at radius 2 is 2.30 bits per heavy atom. The third-order valence-electron chi connectivity index (χ3n) is 2.77. The summed E-state index contributed by atoms with van der Waals surface area (Å²) in [4.78, 5) is 2.42. The molecule has 1 heterocycles. The molecule has 1 saturated heterocycles. The SMILES string of the molecule is CC1C(CCN)CCN1C. The number of hydrogen-bond acceptors (Lipinski definition) is 2. The van der Waals surface area contributed by atoms with E-state index in [1.54, 1.807) is 0 Å². The van der Waals surface area contributed by atoms with E-state index < -0.39 is 0 Å². The molecule has 1 fully saturated rings. The maximum absolute atomic E-state index is 5.50. The topological polar surface area (TPSA) is 29.3 Å². The van der Waals surface area contributed by atoms with Crippen LogP contribution in [0.5, 0.6) is 0 Å². The standard InChI is InChI=1S/C8H18N2/c1-7-8(3-5-9)4-6-10(7)2/h7-8H,3-6,9H2,1-2H3. The van der Waals surface area contributed by atoms with Crippen LogP contribution in [0.3, 0.4) is 0 Å². The lowest BCUT2D eigenvalue weighted by molar-refractivity contribution is 0.286. The van der Waals surface area contributed by atoms with E-state index in [2.05, 4.69) is 18.9 Å². The zero-order valence-electron chi connectivity index (χ0n) is 7.01. The number of hydrogen-bond donors (Lipinski definition) is 1. The Morgan fingerprint density at radius 1 is 1.60 bits per heavy atom. The van der Waals surface area contributed by atoms with Crippen molar-refractivity contribution in [3.8, 4) is 0 Å². The summed E-state index contributed by atoms with van der Waals surface area (Å²) in [5.74, 6) is 0.856. The van der Waals surface area contributed by atoms with E-state index in [0.717, 1.165) is 18.5 Å². The molecule has 2 unspecified atom stereocenters. The maximum Gasteiger partial charge on any atom is 0.00930 e. The minimum atomic E-state index is 0.753. The van der Waals surface area contributed by atoms with Crippen LogP contribution in [0.4, 0.5) is 0 Å². The van der Waals surface area contributed by atoms with Crippen LogP contribution in [-0.2, 0) is 0 Å². The summed E-state index contributed by atoms with van der Waals surface area (Å²) in [6.07, 6.45) is 2.54. The van der Waals surface area contributed by atoms with E-state index in [4.69, 9.17) is 5.73 Å². The molecule has 0 spiro atoms. The van der Waals surface area contributed by atoms with Gasteiger partial charge in [-0.3, -0.25) is 0 Å². The van der Waals surface area contributed by atoms with Crippen molar-refractivity contribution in [2.75, 3.05) is 20.1 Å². The van der Waals surface area contributed by atoms with E-state index in [-0.39, 0.29) is 0 Å². The molecule has 0 aliphatic carbocycles. The fraction of sp³-hybridized carbons (Fsp3) is 1.00. The van der Waals surface area contributed by atoms with Crippen LogP contribution in [0, 0.1) is 5.92 Å². The molecule has 60 valence electrons. The molecular formula is C8H18N2. The van der Waals surface area contributed by atoms with Gasteiger partial charge in [-0.15, -0.1) is 0 Å². The van der Waals surface area contributed by atoms with Crippen molar-refractivity contribution < 1.29 is 0 Å². The molecule has 1 aliphatic heterocycles. The number of rotatable bonds is 2. The van der Waals surface area contributed by atoms with Crippen LogP contribution >= 0.6 is 0 Å². The van der Waals surface area contributed by atoms with Crippen LogP contribution in [0.15, 0.2) is 0 Å². The molecule has 0 aromatic rings. The molecule has 0 aromatic heterocycles. The second kappa shape index (κ2) is 3.35. The molecule has 0 aromatic carbocycles. The largest absolute Gasteiger partial charge is 0.330 e. The van der Waals surface area contributed by atoms with Crippen molar-refractivity contribution >= 4 is 0 Å². The monoisotopic (exact) mass is 142 g/mol. The van der Waals surface area contributed by atoms with E-state index in [1.165, 1.54) is 19.4 Å². The molecular weight excluding hydrogens is 124 g/mol. The van der Waals surface area contributed by atoms with Gasteiger partial charge in [-0.25, -0.2) is 0 Å². The van der Waals surface area contributed by atoms with Crippen molar-refractivity contribution in [2.24, 2.45) is 11.7 Å². The van der Waals surface area contributed by atoms with Crippen LogP contribution < -0.4 is 5.73 Å². The minimum Gasteiger partial charge on any atom is -0.330 e.